The summed E-state index contributed by atoms with van der Waals surface area (Å²) in [6.07, 6.45) is 7.53. The normalized spacial score (nSPS) is 13.3. The van der Waals surface area contributed by atoms with Crippen molar-refractivity contribution in [3.63, 3.8) is 0 Å². The lowest BCUT2D eigenvalue weighted by atomic mass is 9.69. The van der Waals surface area contributed by atoms with Crippen LogP contribution in [0.5, 0.6) is 34.5 Å². The molecule has 0 radical (unpaired) electrons. The molecule has 1 aliphatic carbocycles. The SMILES string of the molecule is Cc1cc(C(C)(C)c2ccc(C(C)(c3cc(C)c(O)c(C)c3)c3cc(C)c(O)c(C)c3)cc2)cc(C)c1O.Cc1cc(Cc2cc(C3CCCCC3)cc(Cc3cc(C)c(O)c(C)c3)c2O)cc(C)c1O. The molecule has 6 heteroatoms. The molecule has 0 amide bonds. The highest BCUT2D eigenvalue weighted by atomic mass is 16.3. The zero-order valence-electron chi connectivity index (χ0n) is 44.4. The molecule has 7 aromatic carbocycles. The molecule has 0 saturated heterocycles. The van der Waals surface area contributed by atoms with Gasteiger partial charge in [0.05, 0.1) is 0 Å². The van der Waals surface area contributed by atoms with E-state index in [0.29, 0.717) is 53.3 Å². The standard InChI is InChI=1S/C35H40O3.C30H36O3/c1-20-14-28(15-21(2)31(20)36)34(7,8)26-10-12-27(13-11-26)35(9,29-16-22(3)32(37)23(4)17-29)30-18-24(5)33(38)25(6)19-30;1-18-10-22(11-19(2)28(18)31)14-26-16-25(24-8-6-5-7-9-24)17-27(30(26)33)15-23-12-20(3)29(32)21(4)13-23/h10-19,36-38H,1-9H3;10-13,16-17,24,31-33H,5-9,14-15H2,1-4H3. The highest BCUT2D eigenvalue weighted by Crippen LogP contribution is 2.45. The Balaban J connectivity index is 0.000000211. The number of hydrogen-bond donors (Lipinski definition) is 6. The summed E-state index contributed by atoms with van der Waals surface area (Å²) < 4.78 is 0. The van der Waals surface area contributed by atoms with Gasteiger partial charge in [0.15, 0.2) is 0 Å². The monoisotopic (exact) mass is 953 g/mol. The van der Waals surface area contributed by atoms with Crippen LogP contribution in [0.2, 0.25) is 0 Å². The highest BCUT2D eigenvalue weighted by Gasteiger charge is 2.34. The van der Waals surface area contributed by atoms with Crippen LogP contribution < -0.4 is 0 Å². The summed E-state index contributed by atoms with van der Waals surface area (Å²) in [5, 5.41) is 63.0. The summed E-state index contributed by atoms with van der Waals surface area (Å²) in [4.78, 5) is 0. The Bertz CT molecular complexity index is 2860. The topological polar surface area (TPSA) is 121 Å². The van der Waals surface area contributed by atoms with Gasteiger partial charge in [-0.3, -0.25) is 0 Å². The first-order chi connectivity index (χ1) is 33.4. The lowest BCUT2D eigenvalue weighted by Crippen LogP contribution is -2.27. The van der Waals surface area contributed by atoms with Gasteiger partial charge < -0.3 is 30.6 Å². The predicted octanol–water partition coefficient (Wildman–Crippen LogP) is 15.6. The Hall–Kier alpha value is -6.66. The van der Waals surface area contributed by atoms with E-state index in [0.717, 1.165) is 100 Å². The van der Waals surface area contributed by atoms with E-state index in [1.54, 1.807) is 0 Å². The van der Waals surface area contributed by atoms with Crippen LogP contribution in [0, 0.1) is 69.2 Å². The van der Waals surface area contributed by atoms with Crippen molar-refractivity contribution in [3.8, 4) is 34.5 Å². The average molecular weight is 953 g/mol. The van der Waals surface area contributed by atoms with Crippen molar-refractivity contribution in [2.75, 3.05) is 0 Å². The molecule has 1 fully saturated rings. The summed E-state index contributed by atoms with van der Waals surface area (Å²) >= 11 is 0. The smallest absolute Gasteiger partial charge is 0.122 e. The maximum atomic E-state index is 11.3. The summed E-state index contributed by atoms with van der Waals surface area (Å²) in [7, 11) is 0. The number of phenolic OH excluding ortho intramolecular Hbond substituents is 6. The average Bonchev–Trinajstić information content (AvgIpc) is 3.33. The van der Waals surface area contributed by atoms with Gasteiger partial charge in [-0.15, -0.1) is 0 Å². The Kier molecular flexibility index (Phi) is 15.1. The maximum Gasteiger partial charge on any atom is 0.122 e. The fourth-order valence-corrected chi connectivity index (χ4v) is 11.2. The number of hydrogen-bond acceptors (Lipinski definition) is 6. The van der Waals surface area contributed by atoms with Crippen molar-refractivity contribution in [2.24, 2.45) is 0 Å². The number of aromatic hydroxyl groups is 6. The van der Waals surface area contributed by atoms with Gasteiger partial charge in [0, 0.05) is 23.7 Å². The summed E-state index contributed by atoms with van der Waals surface area (Å²) in [6, 6.07) is 33.7. The van der Waals surface area contributed by atoms with Gasteiger partial charge >= 0.3 is 0 Å². The number of aryl methyl sites for hydroxylation is 10. The van der Waals surface area contributed by atoms with E-state index in [-0.39, 0.29) is 5.41 Å². The third-order valence-corrected chi connectivity index (χ3v) is 15.8. The molecule has 71 heavy (non-hydrogen) atoms. The lowest BCUT2D eigenvalue weighted by Gasteiger charge is -2.34. The molecule has 0 atom stereocenters. The van der Waals surface area contributed by atoms with Gasteiger partial charge in [-0.2, -0.15) is 0 Å². The van der Waals surface area contributed by atoms with Crippen LogP contribution >= 0.6 is 0 Å². The van der Waals surface area contributed by atoms with Crippen LogP contribution in [-0.2, 0) is 23.7 Å². The van der Waals surface area contributed by atoms with Crippen molar-refractivity contribution < 1.29 is 30.6 Å². The van der Waals surface area contributed by atoms with E-state index in [4.69, 9.17) is 0 Å². The van der Waals surface area contributed by atoms with Gasteiger partial charge in [-0.25, -0.2) is 0 Å². The second kappa shape index (κ2) is 20.6. The minimum atomic E-state index is -0.513. The van der Waals surface area contributed by atoms with Crippen molar-refractivity contribution in [3.05, 3.63) is 208 Å². The van der Waals surface area contributed by atoms with Gasteiger partial charge in [0.1, 0.15) is 34.5 Å². The molecule has 0 spiro atoms. The van der Waals surface area contributed by atoms with Crippen molar-refractivity contribution in [1.29, 1.82) is 0 Å². The second-order valence-electron chi connectivity index (χ2n) is 21.7. The summed E-state index contributed by atoms with van der Waals surface area (Å²) in [6.45, 7) is 26.0. The molecule has 1 aliphatic rings. The molecule has 8 rings (SSSR count). The predicted molar refractivity (Wildman–Crippen MR) is 292 cm³/mol. The molecule has 7 aromatic rings. The Morgan fingerprint density at radius 1 is 0.352 bits per heavy atom. The second-order valence-corrected chi connectivity index (χ2v) is 21.7. The Morgan fingerprint density at radius 3 is 0.986 bits per heavy atom. The zero-order valence-corrected chi connectivity index (χ0v) is 44.4. The zero-order chi connectivity index (χ0) is 51.9. The molecule has 0 aliphatic heterocycles. The molecule has 6 N–H and O–H groups in total. The third kappa shape index (κ3) is 10.7. The molecule has 1 saturated carbocycles. The van der Waals surface area contributed by atoms with E-state index < -0.39 is 5.41 Å². The molecule has 0 aromatic heterocycles. The molecule has 0 bridgehead atoms. The summed E-state index contributed by atoms with van der Waals surface area (Å²) in [5.74, 6) is 2.60. The van der Waals surface area contributed by atoms with Crippen molar-refractivity contribution in [1.82, 2.24) is 0 Å². The molecule has 0 unspecified atom stereocenters. The maximum absolute atomic E-state index is 11.3. The first-order valence-electron chi connectivity index (χ1n) is 25.4. The van der Waals surface area contributed by atoms with Crippen molar-refractivity contribution >= 4 is 0 Å². The van der Waals surface area contributed by atoms with E-state index in [2.05, 4.69) is 93.6 Å². The van der Waals surface area contributed by atoms with Gasteiger partial charge in [-0.05, 0) is 206 Å². The number of rotatable bonds is 10. The molecular weight excluding hydrogens is 877 g/mol. The van der Waals surface area contributed by atoms with Crippen LogP contribution in [0.25, 0.3) is 0 Å². The van der Waals surface area contributed by atoms with E-state index in [1.165, 1.54) is 43.2 Å². The number of benzene rings is 7. The van der Waals surface area contributed by atoms with Crippen LogP contribution in [0.15, 0.2) is 97.1 Å². The minimum Gasteiger partial charge on any atom is -0.507 e. The Morgan fingerprint density at radius 2 is 0.648 bits per heavy atom. The van der Waals surface area contributed by atoms with Gasteiger partial charge in [0.25, 0.3) is 0 Å². The van der Waals surface area contributed by atoms with Crippen LogP contribution in [0.1, 0.15) is 170 Å². The van der Waals surface area contributed by atoms with Crippen LogP contribution in [0.4, 0.5) is 0 Å². The van der Waals surface area contributed by atoms with Gasteiger partial charge in [-0.1, -0.05) is 130 Å². The van der Waals surface area contributed by atoms with Crippen LogP contribution in [0.3, 0.4) is 0 Å². The fourth-order valence-electron chi connectivity index (χ4n) is 11.2. The van der Waals surface area contributed by atoms with Crippen molar-refractivity contribution in [2.45, 2.75) is 152 Å². The molecular formula is C65H76O6. The molecule has 372 valence electrons. The first kappa shape index (κ1) is 52.2. The number of phenols is 6. The first-order valence-corrected chi connectivity index (χ1v) is 25.4. The van der Waals surface area contributed by atoms with E-state index >= 15 is 0 Å². The highest BCUT2D eigenvalue weighted by molar-refractivity contribution is 5.58. The van der Waals surface area contributed by atoms with Gasteiger partial charge in [0.2, 0.25) is 0 Å². The molecule has 6 nitrogen and oxygen atoms in total. The Labute approximate surface area is 423 Å². The fraction of sp³-hybridized carbons (Fsp3) is 0.354. The minimum absolute atomic E-state index is 0.254. The largest absolute Gasteiger partial charge is 0.507 e. The lowest BCUT2D eigenvalue weighted by molar-refractivity contribution is 0.439. The van der Waals surface area contributed by atoms with E-state index in [9.17, 15) is 30.6 Å². The quantitative estimate of drug-likeness (QED) is 0.0760. The third-order valence-electron chi connectivity index (χ3n) is 15.8. The van der Waals surface area contributed by atoms with E-state index in [1.807, 2.05) is 93.5 Å². The van der Waals surface area contributed by atoms with Crippen LogP contribution in [-0.4, -0.2) is 30.6 Å². The molecule has 0 heterocycles. The summed E-state index contributed by atoms with van der Waals surface area (Å²) in [5.41, 5.74) is 18.9.